The first-order valence-corrected chi connectivity index (χ1v) is 18.6. The highest BCUT2D eigenvalue weighted by molar-refractivity contribution is 5.97. The Hall–Kier alpha value is -1.72. The van der Waals surface area contributed by atoms with E-state index in [1.807, 2.05) is 32.8 Å². The van der Waals surface area contributed by atoms with Gasteiger partial charge in [0, 0.05) is 44.1 Å². The van der Waals surface area contributed by atoms with E-state index in [2.05, 4.69) is 0 Å². The van der Waals surface area contributed by atoms with Gasteiger partial charge in [-0.25, -0.2) is 0 Å². The van der Waals surface area contributed by atoms with Crippen molar-refractivity contribution in [3.63, 3.8) is 0 Å². The Balaban J connectivity index is 2.25. The number of aliphatic hydroxyl groups is 4. The van der Waals surface area contributed by atoms with E-state index in [9.17, 15) is 30.0 Å². The Morgan fingerprint density at radius 3 is 2.06 bits per heavy atom. The molecule has 0 aromatic carbocycles. The van der Waals surface area contributed by atoms with Gasteiger partial charge in [0.25, 0.3) is 0 Å². The first-order chi connectivity index (χ1) is 24.0. The van der Waals surface area contributed by atoms with Gasteiger partial charge < -0.3 is 58.5 Å². The van der Waals surface area contributed by atoms with Gasteiger partial charge in [-0.3, -0.25) is 9.59 Å². The van der Waals surface area contributed by atoms with Crippen molar-refractivity contribution in [2.45, 2.75) is 173 Å². The Bertz CT molecular complexity index is 1260. The fourth-order valence-electron chi connectivity index (χ4n) is 8.27. The molecule has 0 amide bonds. The molecule has 0 radical (unpaired) electrons. The van der Waals surface area contributed by atoms with Gasteiger partial charge in [0.1, 0.15) is 24.1 Å². The molecule has 0 aliphatic carbocycles. The maximum Gasteiger partial charge on any atom is 0.311 e. The normalized spacial score (nSPS) is 47.6. The quantitative estimate of drug-likeness (QED) is 0.266. The molecule has 302 valence electrons. The monoisotopic (exact) mass is 745 g/mol. The fraction of sp³-hybridized carbons (Fsp3) is 0.895. The molecule has 16 atom stereocenters. The molecule has 0 aromatic heterocycles. The summed E-state index contributed by atoms with van der Waals surface area (Å²) in [6, 6.07) is -0.289. The number of hydrogen-bond acceptors (Lipinski definition) is 14. The summed E-state index contributed by atoms with van der Waals surface area (Å²) in [6.45, 7) is 16.8. The number of aliphatic hydroxyl groups excluding tert-OH is 3. The number of Topliss-reactive ketones (excluding diaryl/α,β-unsaturated/α-hetero) is 1. The second-order valence-electron chi connectivity index (χ2n) is 16.3. The highest BCUT2D eigenvalue weighted by atomic mass is 16.7. The van der Waals surface area contributed by atoms with Gasteiger partial charge in [0.2, 0.25) is 0 Å². The predicted octanol–water partition coefficient (Wildman–Crippen LogP) is 3.27. The van der Waals surface area contributed by atoms with Crippen molar-refractivity contribution >= 4 is 11.8 Å². The molecule has 2 fully saturated rings. The summed E-state index contributed by atoms with van der Waals surface area (Å²) in [4.78, 5) is 30.0. The van der Waals surface area contributed by atoms with Gasteiger partial charge in [0.05, 0.1) is 41.5 Å². The van der Waals surface area contributed by atoms with Crippen LogP contribution in [0.25, 0.3) is 0 Å². The van der Waals surface area contributed by atoms with Crippen LogP contribution < -0.4 is 0 Å². The molecule has 14 heteroatoms. The molecule has 0 bridgehead atoms. The molecule has 2 unspecified atom stereocenters. The second kappa shape index (κ2) is 17.4. The molecule has 0 aromatic rings. The second-order valence-corrected chi connectivity index (χ2v) is 16.3. The molecule has 52 heavy (non-hydrogen) atoms. The average molecular weight is 746 g/mol. The smallest absolute Gasteiger partial charge is 0.311 e. The van der Waals surface area contributed by atoms with Gasteiger partial charge in [0.15, 0.2) is 24.0 Å². The number of carbonyl (C=O) groups is 2. The summed E-state index contributed by atoms with van der Waals surface area (Å²) in [5.74, 6) is -4.27. The minimum Gasteiger partial charge on any atom is -0.509 e. The molecular formula is C38H67NO13. The first kappa shape index (κ1) is 44.7. The maximum absolute atomic E-state index is 14.2. The standard InChI is InChI=1S/C38H67NO13/c1-15-26-38(10,45)31(42)21(4)28(40)19(2)17-37(9,47-14)33(52-35-29(41)25(39(11)12)16-20(3)48-35)22(5)30(23(6)34(44)50-26)51-27-18-36(8,46-13)32(43)24(7)49-27/h19-20,22-27,29-30,32-33,35,41-43,45H,15-18H2,1-14H3/b31-21-/t19-,20-,22+,23-,24+,25+,26?,27+,29-,30?,32+,33-,35+,36-,37-,38-/m1/s1. The molecule has 3 aliphatic heterocycles. The van der Waals surface area contributed by atoms with Crippen LogP contribution in [0.5, 0.6) is 0 Å². The number of rotatable bonds is 8. The third-order valence-corrected chi connectivity index (χ3v) is 11.9. The molecule has 0 saturated carbocycles. The Labute approximate surface area is 310 Å². The zero-order valence-corrected chi connectivity index (χ0v) is 33.7. The van der Waals surface area contributed by atoms with Crippen molar-refractivity contribution in [2.75, 3.05) is 28.3 Å². The van der Waals surface area contributed by atoms with Crippen LogP contribution in [0.1, 0.15) is 94.9 Å². The number of nitrogens with zero attached hydrogens (tertiary/aromatic N) is 1. The van der Waals surface area contributed by atoms with Crippen molar-refractivity contribution < 1.29 is 63.2 Å². The third-order valence-electron chi connectivity index (χ3n) is 11.9. The predicted molar refractivity (Wildman–Crippen MR) is 191 cm³/mol. The lowest BCUT2D eigenvalue weighted by Crippen LogP contribution is -2.61. The van der Waals surface area contributed by atoms with E-state index in [0.717, 1.165) is 0 Å². The van der Waals surface area contributed by atoms with Crippen molar-refractivity contribution in [1.29, 1.82) is 0 Å². The third kappa shape index (κ3) is 9.21. The number of likely N-dealkylation sites (N-methyl/N-ethyl adjacent to an activating group) is 1. The molecule has 2 saturated heterocycles. The number of cyclic esters (lactones) is 1. The lowest BCUT2D eigenvalue weighted by atomic mass is 9.76. The van der Waals surface area contributed by atoms with E-state index in [0.29, 0.717) is 6.42 Å². The number of esters is 1. The highest BCUT2D eigenvalue weighted by Gasteiger charge is 2.53. The fourth-order valence-corrected chi connectivity index (χ4v) is 8.27. The molecule has 4 N–H and O–H groups in total. The SMILES string of the molecule is CCC1OC(=O)[C@H](C)C(O[C@H]2C[C@@](C)(OC)[C@@H](O)[C@H](C)O2)[C@H](C)[C@@H](O[C@@H]2O[C@H](C)C[C@H](N(C)C)[C@H]2O)[C@](C)(OC)C[C@@H](C)C(=O)/C(C)=C(\O)[C@]1(C)O. The number of hydrogen-bond donors (Lipinski definition) is 4. The number of allylic oxidation sites excluding steroid dienone is 1. The Morgan fingerprint density at radius 2 is 1.52 bits per heavy atom. The number of ketones is 1. The van der Waals surface area contributed by atoms with E-state index in [-0.39, 0.29) is 37.0 Å². The minimum absolute atomic E-state index is 0.0667. The summed E-state index contributed by atoms with van der Waals surface area (Å²) >= 11 is 0. The lowest BCUT2D eigenvalue weighted by molar-refractivity contribution is -0.319. The minimum atomic E-state index is -2.08. The molecule has 3 heterocycles. The number of carbonyl (C=O) groups excluding carboxylic acids is 2. The van der Waals surface area contributed by atoms with Gasteiger partial charge in [-0.05, 0) is 81.8 Å². The molecule has 3 aliphatic rings. The van der Waals surface area contributed by atoms with E-state index in [1.54, 1.807) is 41.5 Å². The average Bonchev–Trinajstić information content (AvgIpc) is 3.09. The summed E-state index contributed by atoms with van der Waals surface area (Å²) in [5, 5.41) is 45.4. The van der Waals surface area contributed by atoms with Gasteiger partial charge in [-0.1, -0.05) is 20.8 Å². The Morgan fingerprint density at radius 1 is 0.923 bits per heavy atom. The van der Waals surface area contributed by atoms with Crippen molar-refractivity contribution in [3.8, 4) is 0 Å². The number of ether oxygens (including phenoxy) is 7. The summed E-state index contributed by atoms with van der Waals surface area (Å²) < 4.78 is 43.8. The van der Waals surface area contributed by atoms with Crippen molar-refractivity contribution in [3.05, 3.63) is 11.3 Å². The van der Waals surface area contributed by atoms with Crippen LogP contribution in [0.4, 0.5) is 0 Å². The van der Waals surface area contributed by atoms with Crippen LogP contribution in [0.3, 0.4) is 0 Å². The first-order valence-electron chi connectivity index (χ1n) is 18.6. The van der Waals surface area contributed by atoms with Crippen LogP contribution in [0.2, 0.25) is 0 Å². The maximum atomic E-state index is 14.2. The summed E-state index contributed by atoms with van der Waals surface area (Å²) in [7, 11) is 6.74. The lowest BCUT2D eigenvalue weighted by Gasteiger charge is -2.49. The number of methoxy groups -OCH3 is 2. The van der Waals surface area contributed by atoms with Gasteiger partial charge in [-0.2, -0.15) is 0 Å². The molecule has 14 nitrogen and oxygen atoms in total. The Kier molecular flexibility index (Phi) is 14.9. The summed E-state index contributed by atoms with van der Waals surface area (Å²) in [6.07, 6.45) is -7.38. The van der Waals surface area contributed by atoms with E-state index >= 15 is 0 Å². The molecular weight excluding hydrogens is 678 g/mol. The van der Waals surface area contributed by atoms with Gasteiger partial charge in [-0.15, -0.1) is 0 Å². The molecule has 3 rings (SSSR count). The van der Waals surface area contributed by atoms with Gasteiger partial charge >= 0.3 is 5.97 Å². The topological polar surface area (TPSA) is 183 Å². The zero-order valence-electron chi connectivity index (χ0n) is 33.7. The van der Waals surface area contributed by atoms with Crippen LogP contribution in [-0.2, 0) is 42.7 Å². The van der Waals surface area contributed by atoms with E-state index < -0.39 is 101 Å². The van der Waals surface area contributed by atoms with Crippen molar-refractivity contribution in [2.24, 2.45) is 17.8 Å². The zero-order chi connectivity index (χ0) is 39.7. The van der Waals surface area contributed by atoms with E-state index in [4.69, 9.17) is 33.2 Å². The van der Waals surface area contributed by atoms with Crippen LogP contribution in [-0.4, -0.2) is 144 Å². The van der Waals surface area contributed by atoms with Crippen LogP contribution in [0, 0.1) is 17.8 Å². The van der Waals surface area contributed by atoms with Crippen molar-refractivity contribution in [1.82, 2.24) is 4.90 Å². The molecule has 0 spiro atoms. The van der Waals surface area contributed by atoms with Crippen LogP contribution in [0.15, 0.2) is 11.3 Å². The summed E-state index contributed by atoms with van der Waals surface area (Å²) in [5.41, 5.74) is -4.46. The largest absolute Gasteiger partial charge is 0.509 e. The van der Waals surface area contributed by atoms with E-state index in [1.165, 1.54) is 28.1 Å². The van der Waals surface area contributed by atoms with Crippen LogP contribution >= 0.6 is 0 Å². The highest BCUT2D eigenvalue weighted by Crippen LogP contribution is 2.41.